The summed E-state index contributed by atoms with van der Waals surface area (Å²) in [5.41, 5.74) is -0.307. The van der Waals surface area contributed by atoms with Gasteiger partial charge in [0, 0.05) is 16.6 Å². The van der Waals surface area contributed by atoms with Gasteiger partial charge in [0.1, 0.15) is 16.5 Å². The van der Waals surface area contributed by atoms with E-state index in [-0.39, 0.29) is 10.0 Å². The van der Waals surface area contributed by atoms with Crippen molar-refractivity contribution >= 4 is 26.0 Å². The van der Waals surface area contributed by atoms with Gasteiger partial charge in [-0.15, -0.1) is 13.2 Å². The van der Waals surface area contributed by atoms with Crippen LogP contribution in [0.2, 0.25) is 0 Å². The molecule has 0 saturated heterocycles. The lowest BCUT2D eigenvalue weighted by molar-refractivity contribution is -0.275. The van der Waals surface area contributed by atoms with Crippen LogP contribution < -0.4 is 9.46 Å². The van der Waals surface area contributed by atoms with E-state index in [0.717, 1.165) is 30.3 Å². The summed E-state index contributed by atoms with van der Waals surface area (Å²) in [5, 5.41) is 0. The van der Waals surface area contributed by atoms with Gasteiger partial charge < -0.3 is 4.74 Å². The summed E-state index contributed by atoms with van der Waals surface area (Å²) in [5.74, 6) is -2.62. The Hall–Kier alpha value is -1.72. The smallest absolute Gasteiger partial charge is 0.404 e. The maximum atomic E-state index is 13.5. The summed E-state index contributed by atoms with van der Waals surface area (Å²) < 4.78 is 94.2. The highest BCUT2D eigenvalue weighted by Crippen LogP contribution is 2.32. The van der Waals surface area contributed by atoms with Crippen molar-refractivity contribution < 1.29 is 35.1 Å². The lowest BCUT2D eigenvalue weighted by Crippen LogP contribution is -2.26. The Bertz CT molecular complexity index is 887. The van der Waals surface area contributed by atoms with E-state index in [1.54, 1.807) is 0 Å². The molecule has 4 nitrogen and oxygen atoms in total. The third-order valence-corrected chi connectivity index (χ3v) is 4.82. The predicted molar refractivity (Wildman–Crippen MR) is 81.2 cm³/mol. The molecule has 0 heterocycles. The molecular weight excluding hydrogens is 437 g/mol. The van der Waals surface area contributed by atoms with Crippen molar-refractivity contribution in [3.8, 4) is 5.75 Å². The van der Waals surface area contributed by atoms with Gasteiger partial charge in [-0.05, 0) is 36.4 Å². The molecule has 0 aromatic heterocycles. The van der Waals surface area contributed by atoms with Crippen molar-refractivity contribution in [3.05, 3.63) is 58.1 Å². The van der Waals surface area contributed by atoms with Crippen LogP contribution in [0, 0.1) is 11.6 Å². The minimum Gasteiger partial charge on any atom is -0.404 e. The molecule has 2 aromatic rings. The summed E-state index contributed by atoms with van der Waals surface area (Å²) in [6.07, 6.45) is -5.11. The number of halogens is 6. The average molecular weight is 446 g/mol. The first-order valence-corrected chi connectivity index (χ1v) is 8.74. The highest BCUT2D eigenvalue weighted by Gasteiger charge is 2.34. The summed E-state index contributed by atoms with van der Waals surface area (Å²) in [6, 6.07) is 5.32. The second-order valence-corrected chi connectivity index (χ2v) is 7.35. The number of benzene rings is 2. The first kappa shape index (κ1) is 19.6. The number of ether oxygens (including phenoxy) is 1. The van der Waals surface area contributed by atoms with Crippen molar-refractivity contribution in [2.45, 2.75) is 17.8 Å². The van der Waals surface area contributed by atoms with E-state index in [1.807, 2.05) is 4.72 Å². The summed E-state index contributed by atoms with van der Waals surface area (Å²) in [4.78, 5) is -0.801. The SMILES string of the molecule is O=S(=O)(NCc1cc(F)ccc1F)c1ccc(Br)cc1OC(F)(F)F. The number of rotatable bonds is 5. The van der Waals surface area contributed by atoms with Crippen LogP contribution in [-0.2, 0) is 16.6 Å². The molecular formula is C14H9BrF5NO3S. The zero-order valence-corrected chi connectivity index (χ0v) is 14.5. The Balaban J connectivity index is 2.31. The van der Waals surface area contributed by atoms with E-state index in [4.69, 9.17) is 0 Å². The van der Waals surface area contributed by atoms with Gasteiger partial charge in [0.2, 0.25) is 10.0 Å². The van der Waals surface area contributed by atoms with Crippen molar-refractivity contribution in [2.75, 3.05) is 0 Å². The molecule has 1 N–H and O–H groups in total. The Kier molecular flexibility index (Phi) is 5.69. The average Bonchev–Trinajstić information content (AvgIpc) is 2.46. The van der Waals surface area contributed by atoms with Crippen LogP contribution in [0.3, 0.4) is 0 Å². The van der Waals surface area contributed by atoms with Gasteiger partial charge in [-0.2, -0.15) is 0 Å². The number of hydrogen-bond donors (Lipinski definition) is 1. The van der Waals surface area contributed by atoms with Crippen LogP contribution in [-0.4, -0.2) is 14.8 Å². The van der Waals surface area contributed by atoms with E-state index in [0.29, 0.717) is 0 Å². The van der Waals surface area contributed by atoms with E-state index < -0.39 is 45.2 Å². The fourth-order valence-electron chi connectivity index (χ4n) is 1.84. The van der Waals surface area contributed by atoms with Crippen molar-refractivity contribution in [2.24, 2.45) is 0 Å². The van der Waals surface area contributed by atoms with Crippen LogP contribution in [0.25, 0.3) is 0 Å². The Labute approximate surface area is 147 Å². The lowest BCUT2D eigenvalue weighted by Gasteiger charge is -2.14. The minimum absolute atomic E-state index is 0.155. The number of nitrogens with one attached hydrogen (secondary N) is 1. The molecule has 2 rings (SSSR count). The van der Waals surface area contributed by atoms with Crippen LogP contribution in [0.4, 0.5) is 22.0 Å². The van der Waals surface area contributed by atoms with Crippen LogP contribution >= 0.6 is 15.9 Å². The second kappa shape index (κ2) is 7.26. The normalized spacial score (nSPS) is 12.2. The maximum absolute atomic E-state index is 13.5. The molecule has 0 unspecified atom stereocenters. The minimum atomic E-state index is -5.11. The largest absolute Gasteiger partial charge is 0.573 e. The lowest BCUT2D eigenvalue weighted by atomic mass is 10.2. The summed E-state index contributed by atoms with van der Waals surface area (Å²) in [6.45, 7) is -0.659. The monoisotopic (exact) mass is 445 g/mol. The molecule has 0 saturated carbocycles. The van der Waals surface area contributed by atoms with Crippen LogP contribution in [0.15, 0.2) is 45.8 Å². The fourth-order valence-corrected chi connectivity index (χ4v) is 3.29. The van der Waals surface area contributed by atoms with Crippen molar-refractivity contribution in [1.29, 1.82) is 0 Å². The quantitative estimate of drug-likeness (QED) is 0.704. The highest BCUT2D eigenvalue weighted by atomic mass is 79.9. The van der Waals surface area contributed by atoms with Crippen molar-refractivity contribution in [1.82, 2.24) is 4.72 Å². The topological polar surface area (TPSA) is 55.4 Å². The fraction of sp³-hybridized carbons (Fsp3) is 0.143. The highest BCUT2D eigenvalue weighted by molar-refractivity contribution is 9.10. The Morgan fingerprint density at radius 2 is 1.76 bits per heavy atom. The first-order valence-electron chi connectivity index (χ1n) is 6.47. The number of sulfonamides is 1. The van der Waals surface area contributed by atoms with E-state index >= 15 is 0 Å². The summed E-state index contributed by atoms with van der Waals surface area (Å²) >= 11 is 2.91. The maximum Gasteiger partial charge on any atom is 0.573 e. The van der Waals surface area contributed by atoms with Gasteiger partial charge in [-0.1, -0.05) is 15.9 Å². The zero-order valence-electron chi connectivity index (χ0n) is 12.1. The Morgan fingerprint density at radius 3 is 2.40 bits per heavy atom. The predicted octanol–water partition coefficient (Wildman–Crippen LogP) is 4.10. The van der Waals surface area contributed by atoms with Crippen LogP contribution in [0.1, 0.15) is 5.56 Å². The molecule has 2 aromatic carbocycles. The summed E-state index contributed by atoms with van der Waals surface area (Å²) in [7, 11) is -4.49. The molecule has 0 spiro atoms. The molecule has 0 aliphatic carbocycles. The molecule has 136 valence electrons. The molecule has 25 heavy (non-hydrogen) atoms. The molecule has 0 atom stereocenters. The van der Waals surface area contributed by atoms with Crippen LogP contribution in [0.5, 0.6) is 5.75 Å². The molecule has 0 amide bonds. The molecule has 0 bridgehead atoms. The number of hydrogen-bond acceptors (Lipinski definition) is 3. The van der Waals surface area contributed by atoms with E-state index in [9.17, 15) is 30.4 Å². The van der Waals surface area contributed by atoms with Gasteiger partial charge in [0.25, 0.3) is 0 Å². The third kappa shape index (κ3) is 5.38. The molecule has 0 aliphatic rings. The van der Waals surface area contributed by atoms with Gasteiger partial charge >= 0.3 is 6.36 Å². The molecule has 11 heteroatoms. The van der Waals surface area contributed by atoms with E-state index in [1.165, 1.54) is 6.07 Å². The van der Waals surface area contributed by atoms with E-state index in [2.05, 4.69) is 20.7 Å². The zero-order chi connectivity index (χ0) is 18.8. The molecule has 0 aliphatic heterocycles. The van der Waals surface area contributed by atoms with Gasteiger partial charge in [-0.3, -0.25) is 0 Å². The third-order valence-electron chi connectivity index (χ3n) is 2.88. The molecule has 0 fully saturated rings. The standard InChI is InChI=1S/C14H9BrF5NO3S/c15-9-1-4-13(12(6-9)24-14(18,19)20)25(22,23)21-7-8-5-10(16)2-3-11(8)17/h1-6,21H,7H2. The van der Waals surface area contributed by atoms with Gasteiger partial charge in [-0.25, -0.2) is 21.9 Å². The first-order chi connectivity index (χ1) is 11.5. The molecule has 0 radical (unpaired) electrons. The Morgan fingerprint density at radius 1 is 1.08 bits per heavy atom. The number of alkyl halides is 3. The van der Waals surface area contributed by atoms with Gasteiger partial charge in [0.15, 0.2) is 5.75 Å². The van der Waals surface area contributed by atoms with Crippen molar-refractivity contribution in [3.63, 3.8) is 0 Å². The van der Waals surface area contributed by atoms with Gasteiger partial charge in [0.05, 0.1) is 0 Å². The second-order valence-electron chi connectivity index (χ2n) is 4.70.